The molecule has 3 amide bonds. The van der Waals surface area contributed by atoms with Crippen LogP contribution >= 0.6 is 23.5 Å². The van der Waals surface area contributed by atoms with Crippen molar-refractivity contribution in [3.05, 3.63) is 35.9 Å². The monoisotopic (exact) mass is 555 g/mol. The van der Waals surface area contributed by atoms with E-state index in [4.69, 9.17) is 11.5 Å². The third-order valence-electron chi connectivity index (χ3n) is 5.69. The van der Waals surface area contributed by atoms with Crippen LogP contribution in [0.15, 0.2) is 30.3 Å². The molecule has 0 aliphatic heterocycles. The number of nitrogens with two attached hydrogens (primary N) is 2. The van der Waals surface area contributed by atoms with Crippen molar-refractivity contribution in [1.29, 1.82) is 0 Å². The van der Waals surface area contributed by atoms with E-state index in [1.807, 2.05) is 18.6 Å². The van der Waals surface area contributed by atoms with E-state index in [0.29, 0.717) is 50.2 Å². The number of aliphatic carboxylic acids is 1. The van der Waals surface area contributed by atoms with Gasteiger partial charge in [0, 0.05) is 6.42 Å². The van der Waals surface area contributed by atoms with E-state index in [1.54, 1.807) is 36.0 Å². The summed E-state index contributed by atoms with van der Waals surface area (Å²) in [6.07, 6.45) is 6.29. The fraction of sp³-hybridized carbons (Fsp3) is 0.600. The molecule has 0 bridgehead atoms. The van der Waals surface area contributed by atoms with Crippen molar-refractivity contribution >= 4 is 47.2 Å². The molecule has 1 rings (SSSR count). The minimum absolute atomic E-state index is 0.108. The highest BCUT2D eigenvalue weighted by molar-refractivity contribution is 7.98. The molecular weight excluding hydrogens is 514 g/mol. The number of amides is 3. The number of carboxylic acids is 1. The summed E-state index contributed by atoms with van der Waals surface area (Å²) in [6, 6.07) is 5.24. The quantitative estimate of drug-likeness (QED) is 0.134. The maximum atomic E-state index is 13.2. The Labute approximate surface area is 227 Å². The van der Waals surface area contributed by atoms with Crippen LogP contribution in [0, 0.1) is 0 Å². The molecule has 0 saturated carbocycles. The fourth-order valence-electron chi connectivity index (χ4n) is 3.52. The van der Waals surface area contributed by atoms with Gasteiger partial charge in [-0.1, -0.05) is 30.3 Å². The summed E-state index contributed by atoms with van der Waals surface area (Å²) in [5, 5.41) is 17.7. The lowest BCUT2D eigenvalue weighted by Crippen LogP contribution is -2.57. The SMILES string of the molecule is CSCCC(N)C(=O)NC(CCCCN)C(=O)NC(CCSC)C(=O)NC(Cc1ccccc1)C(=O)O. The van der Waals surface area contributed by atoms with Crippen LogP contribution in [0.1, 0.15) is 37.7 Å². The van der Waals surface area contributed by atoms with Crippen LogP contribution < -0.4 is 27.4 Å². The number of benzene rings is 1. The molecule has 0 saturated heterocycles. The third-order valence-corrected chi connectivity index (χ3v) is 6.98. The number of rotatable bonds is 19. The van der Waals surface area contributed by atoms with Crippen molar-refractivity contribution < 1.29 is 24.3 Å². The van der Waals surface area contributed by atoms with Gasteiger partial charge >= 0.3 is 5.97 Å². The molecule has 37 heavy (non-hydrogen) atoms. The summed E-state index contributed by atoms with van der Waals surface area (Å²) in [4.78, 5) is 50.7. The van der Waals surface area contributed by atoms with E-state index in [2.05, 4.69) is 16.0 Å². The molecule has 0 spiro atoms. The van der Waals surface area contributed by atoms with Crippen molar-refractivity contribution in [3.63, 3.8) is 0 Å². The van der Waals surface area contributed by atoms with Crippen LogP contribution in [0.4, 0.5) is 0 Å². The molecule has 0 aliphatic rings. The minimum atomic E-state index is -1.17. The zero-order valence-electron chi connectivity index (χ0n) is 21.6. The van der Waals surface area contributed by atoms with E-state index in [9.17, 15) is 24.3 Å². The first kappa shape index (κ1) is 32.7. The Bertz CT molecular complexity index is 846. The summed E-state index contributed by atoms with van der Waals surface area (Å²) in [5.74, 6) is -1.42. The predicted octanol–water partition coefficient (Wildman–Crippen LogP) is 0.731. The summed E-state index contributed by atoms with van der Waals surface area (Å²) < 4.78 is 0. The second-order valence-electron chi connectivity index (χ2n) is 8.67. The molecule has 4 unspecified atom stereocenters. The van der Waals surface area contributed by atoms with Gasteiger partial charge in [0.25, 0.3) is 0 Å². The lowest BCUT2D eigenvalue weighted by molar-refractivity contribution is -0.142. The highest BCUT2D eigenvalue weighted by Crippen LogP contribution is 2.08. The van der Waals surface area contributed by atoms with E-state index in [1.165, 1.54) is 11.8 Å². The molecule has 1 aromatic rings. The molecule has 12 heteroatoms. The summed E-state index contributed by atoms with van der Waals surface area (Å²) in [6.45, 7) is 0.451. The van der Waals surface area contributed by atoms with Crippen LogP contribution in [0.5, 0.6) is 0 Å². The average molecular weight is 556 g/mol. The third kappa shape index (κ3) is 13.2. The Hall–Kier alpha value is -2.28. The second kappa shape index (κ2) is 18.9. The van der Waals surface area contributed by atoms with Crippen molar-refractivity contribution in [2.45, 2.75) is 62.7 Å². The van der Waals surface area contributed by atoms with Gasteiger partial charge in [-0.25, -0.2) is 4.79 Å². The van der Waals surface area contributed by atoms with Crippen LogP contribution in [-0.2, 0) is 25.6 Å². The van der Waals surface area contributed by atoms with Crippen LogP contribution in [-0.4, -0.2) is 83.5 Å². The van der Waals surface area contributed by atoms with Gasteiger partial charge in [0.1, 0.15) is 18.1 Å². The number of nitrogens with one attached hydrogen (secondary N) is 3. The Balaban J connectivity index is 2.95. The van der Waals surface area contributed by atoms with Gasteiger partial charge in [0.2, 0.25) is 17.7 Å². The first-order chi connectivity index (χ1) is 17.7. The molecule has 8 N–H and O–H groups in total. The summed E-state index contributed by atoms with van der Waals surface area (Å²) in [5.41, 5.74) is 12.3. The van der Waals surface area contributed by atoms with Crippen LogP contribution in [0.3, 0.4) is 0 Å². The van der Waals surface area contributed by atoms with Crippen LogP contribution in [0.2, 0.25) is 0 Å². The van der Waals surface area contributed by atoms with Gasteiger partial charge in [-0.3, -0.25) is 14.4 Å². The summed E-state index contributed by atoms with van der Waals surface area (Å²) >= 11 is 3.07. The van der Waals surface area contributed by atoms with Crippen LogP contribution in [0.25, 0.3) is 0 Å². The largest absolute Gasteiger partial charge is 0.480 e. The number of hydrogen-bond acceptors (Lipinski definition) is 8. The first-order valence-corrected chi connectivity index (χ1v) is 15.1. The molecule has 10 nitrogen and oxygen atoms in total. The molecule has 0 aromatic heterocycles. The van der Waals surface area contributed by atoms with Gasteiger partial charge in [-0.15, -0.1) is 0 Å². The van der Waals surface area contributed by atoms with E-state index in [-0.39, 0.29) is 6.42 Å². The minimum Gasteiger partial charge on any atom is -0.480 e. The zero-order chi connectivity index (χ0) is 27.6. The number of carbonyl (C=O) groups excluding carboxylic acids is 3. The average Bonchev–Trinajstić information content (AvgIpc) is 2.88. The first-order valence-electron chi connectivity index (χ1n) is 12.3. The number of hydrogen-bond donors (Lipinski definition) is 6. The second-order valence-corrected chi connectivity index (χ2v) is 10.6. The van der Waals surface area contributed by atoms with Crippen molar-refractivity contribution in [2.24, 2.45) is 11.5 Å². The van der Waals surface area contributed by atoms with Gasteiger partial charge in [-0.05, 0) is 68.2 Å². The molecule has 0 radical (unpaired) electrons. The number of thioether (sulfide) groups is 2. The van der Waals surface area contributed by atoms with Crippen molar-refractivity contribution in [1.82, 2.24) is 16.0 Å². The molecule has 208 valence electrons. The smallest absolute Gasteiger partial charge is 0.326 e. The lowest BCUT2D eigenvalue weighted by atomic mass is 10.0. The van der Waals surface area contributed by atoms with E-state index in [0.717, 1.165) is 5.56 Å². The van der Waals surface area contributed by atoms with Gasteiger partial charge in [-0.2, -0.15) is 23.5 Å². The van der Waals surface area contributed by atoms with Crippen molar-refractivity contribution in [3.8, 4) is 0 Å². The normalized spacial score (nSPS) is 14.2. The Kier molecular flexibility index (Phi) is 16.7. The predicted molar refractivity (Wildman–Crippen MR) is 150 cm³/mol. The van der Waals surface area contributed by atoms with Gasteiger partial charge in [0.15, 0.2) is 0 Å². The van der Waals surface area contributed by atoms with Gasteiger partial charge in [0.05, 0.1) is 6.04 Å². The fourth-order valence-corrected chi connectivity index (χ4v) is 4.48. The van der Waals surface area contributed by atoms with Crippen molar-refractivity contribution in [2.75, 3.05) is 30.6 Å². The molecule has 4 atom stereocenters. The number of unbranched alkanes of at least 4 members (excludes halogenated alkanes) is 1. The Morgan fingerprint density at radius 2 is 1.35 bits per heavy atom. The maximum absolute atomic E-state index is 13.2. The van der Waals surface area contributed by atoms with E-state index >= 15 is 0 Å². The molecular formula is C25H41N5O5S2. The molecule has 0 heterocycles. The van der Waals surface area contributed by atoms with Gasteiger partial charge < -0.3 is 32.5 Å². The molecule has 0 aliphatic carbocycles. The molecule has 0 fully saturated rings. The number of carboxylic acid groups (broad SMARTS) is 1. The Morgan fingerprint density at radius 3 is 1.92 bits per heavy atom. The maximum Gasteiger partial charge on any atom is 0.326 e. The summed E-state index contributed by atoms with van der Waals surface area (Å²) in [7, 11) is 0. The standard InChI is InChI=1S/C25H41N5O5S2/c1-36-14-11-18(27)22(31)28-19(10-6-7-13-26)23(32)29-20(12-15-37-2)24(33)30-21(25(34)35)16-17-8-4-3-5-9-17/h3-5,8-9,18-21H,6-7,10-16,26-27H2,1-2H3,(H,28,31)(H,29,32)(H,30,33)(H,34,35). The highest BCUT2D eigenvalue weighted by Gasteiger charge is 2.30. The molecule has 1 aromatic carbocycles. The lowest BCUT2D eigenvalue weighted by Gasteiger charge is -2.25. The topological polar surface area (TPSA) is 177 Å². The highest BCUT2D eigenvalue weighted by atomic mass is 32.2. The zero-order valence-corrected chi connectivity index (χ0v) is 23.2. The Morgan fingerprint density at radius 1 is 0.811 bits per heavy atom. The van der Waals surface area contributed by atoms with E-state index < -0.39 is 47.9 Å². The number of carbonyl (C=O) groups is 4.